The molecular formula is C14H16N4O. The summed E-state index contributed by atoms with van der Waals surface area (Å²) in [7, 11) is 0. The number of nitrogens with zero attached hydrogens (tertiary/aromatic N) is 1. The summed E-state index contributed by atoms with van der Waals surface area (Å²) in [6.07, 6.45) is 2.54. The van der Waals surface area contributed by atoms with E-state index in [9.17, 15) is 4.79 Å². The topological polar surface area (TPSA) is 83.8 Å². The lowest BCUT2D eigenvalue weighted by Gasteiger charge is -2.32. The number of nitrogens with two attached hydrogens (primary N) is 1. The van der Waals surface area contributed by atoms with Gasteiger partial charge in [0.2, 0.25) is 0 Å². The second-order valence-corrected chi connectivity index (χ2v) is 5.55. The molecule has 1 aromatic carbocycles. The summed E-state index contributed by atoms with van der Waals surface area (Å²) < 4.78 is 0. The number of carbonyl (C=O) groups is 1. The van der Waals surface area contributed by atoms with Gasteiger partial charge in [-0.3, -0.25) is 4.79 Å². The molecule has 1 aliphatic carbocycles. The maximum Gasteiger partial charge on any atom is 0.250 e. The molecule has 2 aromatic rings. The van der Waals surface area contributed by atoms with E-state index in [1.54, 1.807) is 6.07 Å². The summed E-state index contributed by atoms with van der Waals surface area (Å²) >= 11 is 0. The fourth-order valence-corrected chi connectivity index (χ4v) is 3.42. The maximum absolute atomic E-state index is 11.4. The molecule has 19 heavy (non-hydrogen) atoms. The summed E-state index contributed by atoms with van der Waals surface area (Å²) in [5.41, 5.74) is 7.49. The van der Waals surface area contributed by atoms with Gasteiger partial charge in [-0.1, -0.05) is 6.07 Å². The van der Waals surface area contributed by atoms with Crippen molar-refractivity contribution in [1.29, 1.82) is 0 Å². The van der Waals surface area contributed by atoms with Crippen LogP contribution in [0.1, 0.15) is 34.9 Å². The second kappa shape index (κ2) is 3.81. The molecule has 4 N–H and O–H groups in total. The Morgan fingerprint density at radius 2 is 2.26 bits per heavy atom. The van der Waals surface area contributed by atoms with Gasteiger partial charge in [-0.2, -0.15) is 0 Å². The van der Waals surface area contributed by atoms with Gasteiger partial charge in [0.1, 0.15) is 11.3 Å². The Bertz CT molecular complexity index is 663. The second-order valence-electron chi connectivity index (χ2n) is 5.55. The number of imidazole rings is 1. The van der Waals surface area contributed by atoms with E-state index in [-0.39, 0.29) is 0 Å². The normalized spacial score (nSPS) is 29.2. The fraction of sp³-hybridized carbons (Fsp3) is 0.429. The van der Waals surface area contributed by atoms with Crippen LogP contribution >= 0.6 is 0 Å². The minimum Gasteiger partial charge on any atom is -0.366 e. The third-order valence-corrected chi connectivity index (χ3v) is 4.59. The zero-order valence-corrected chi connectivity index (χ0v) is 10.5. The van der Waals surface area contributed by atoms with E-state index >= 15 is 0 Å². The number of para-hydroxylation sites is 1. The average Bonchev–Trinajstić information content (AvgIpc) is 2.89. The van der Waals surface area contributed by atoms with Gasteiger partial charge >= 0.3 is 0 Å². The Morgan fingerprint density at radius 1 is 1.37 bits per heavy atom. The molecule has 2 fully saturated rings. The van der Waals surface area contributed by atoms with Crippen molar-refractivity contribution in [2.75, 3.05) is 6.54 Å². The lowest BCUT2D eigenvalue weighted by atomic mass is 9.75. The van der Waals surface area contributed by atoms with Crippen LogP contribution in [0.2, 0.25) is 0 Å². The van der Waals surface area contributed by atoms with Crippen LogP contribution in [0.5, 0.6) is 0 Å². The molecule has 1 amide bonds. The van der Waals surface area contributed by atoms with Gasteiger partial charge in [-0.25, -0.2) is 4.98 Å². The molecule has 1 aromatic heterocycles. The molecule has 0 bridgehead atoms. The first kappa shape index (κ1) is 11.0. The summed E-state index contributed by atoms with van der Waals surface area (Å²) in [5.74, 6) is 1.70. The molecule has 2 heterocycles. The Labute approximate surface area is 110 Å². The SMILES string of the molecule is NC(=O)c1cccc2[nH]c(C3CNC4CCC43)nc12. The number of H-pyrrole nitrogens is 1. The molecule has 98 valence electrons. The minimum absolute atomic E-state index is 0.422. The monoisotopic (exact) mass is 256 g/mol. The summed E-state index contributed by atoms with van der Waals surface area (Å²) in [5, 5.41) is 3.53. The minimum atomic E-state index is -0.422. The number of rotatable bonds is 2. The number of benzene rings is 1. The number of carbonyl (C=O) groups excluding carboxylic acids is 1. The van der Waals surface area contributed by atoms with E-state index in [1.165, 1.54) is 12.8 Å². The predicted molar refractivity (Wildman–Crippen MR) is 71.9 cm³/mol. The molecule has 1 saturated carbocycles. The number of hydrogen-bond acceptors (Lipinski definition) is 3. The molecule has 4 rings (SSSR count). The molecule has 0 spiro atoms. The van der Waals surface area contributed by atoms with Crippen LogP contribution in [-0.4, -0.2) is 28.5 Å². The van der Waals surface area contributed by atoms with Crippen LogP contribution in [0.3, 0.4) is 0 Å². The van der Waals surface area contributed by atoms with Crippen molar-refractivity contribution in [3.05, 3.63) is 29.6 Å². The number of nitrogens with one attached hydrogen (secondary N) is 2. The molecule has 5 heteroatoms. The molecule has 3 atom stereocenters. The fourth-order valence-electron chi connectivity index (χ4n) is 3.42. The van der Waals surface area contributed by atoms with Crippen molar-refractivity contribution >= 4 is 16.9 Å². The highest BCUT2D eigenvalue weighted by Gasteiger charge is 2.43. The van der Waals surface area contributed by atoms with Crippen molar-refractivity contribution < 1.29 is 4.79 Å². The first-order valence-corrected chi connectivity index (χ1v) is 6.76. The Kier molecular flexibility index (Phi) is 2.20. The highest BCUT2D eigenvalue weighted by molar-refractivity contribution is 6.04. The highest BCUT2D eigenvalue weighted by Crippen LogP contribution is 2.43. The lowest BCUT2D eigenvalue weighted by molar-refractivity contribution is 0.100. The van der Waals surface area contributed by atoms with E-state index < -0.39 is 5.91 Å². The van der Waals surface area contributed by atoms with Gasteiger partial charge in [0.25, 0.3) is 5.91 Å². The number of hydrogen-bond donors (Lipinski definition) is 3. The Morgan fingerprint density at radius 3 is 2.95 bits per heavy atom. The zero-order chi connectivity index (χ0) is 13.0. The number of aromatic nitrogens is 2. The number of primary amides is 1. The smallest absolute Gasteiger partial charge is 0.250 e. The summed E-state index contributed by atoms with van der Waals surface area (Å²) in [6, 6.07) is 6.17. The third kappa shape index (κ3) is 1.51. The van der Waals surface area contributed by atoms with Gasteiger partial charge < -0.3 is 16.0 Å². The zero-order valence-electron chi connectivity index (χ0n) is 10.5. The molecule has 2 aliphatic rings. The van der Waals surface area contributed by atoms with Crippen molar-refractivity contribution in [2.24, 2.45) is 11.7 Å². The first-order chi connectivity index (χ1) is 9.24. The van der Waals surface area contributed by atoms with Crippen molar-refractivity contribution in [3.63, 3.8) is 0 Å². The lowest BCUT2D eigenvalue weighted by Crippen LogP contribution is -2.36. The van der Waals surface area contributed by atoms with Crippen molar-refractivity contribution in [3.8, 4) is 0 Å². The number of fused-ring (bicyclic) bond motifs is 2. The molecule has 1 saturated heterocycles. The van der Waals surface area contributed by atoms with E-state index in [2.05, 4.69) is 15.3 Å². The van der Waals surface area contributed by atoms with Gasteiger partial charge in [0.15, 0.2) is 0 Å². The summed E-state index contributed by atoms with van der Waals surface area (Å²) in [6.45, 7) is 0.973. The van der Waals surface area contributed by atoms with Gasteiger partial charge in [0.05, 0.1) is 11.1 Å². The van der Waals surface area contributed by atoms with Crippen molar-refractivity contribution in [1.82, 2.24) is 15.3 Å². The first-order valence-electron chi connectivity index (χ1n) is 6.76. The van der Waals surface area contributed by atoms with E-state index in [1.807, 2.05) is 12.1 Å². The Balaban J connectivity index is 1.79. The molecule has 5 nitrogen and oxygen atoms in total. The van der Waals surface area contributed by atoms with Gasteiger partial charge in [-0.15, -0.1) is 0 Å². The molecule has 0 radical (unpaired) electrons. The quantitative estimate of drug-likeness (QED) is 0.753. The maximum atomic E-state index is 11.4. The average molecular weight is 256 g/mol. The van der Waals surface area contributed by atoms with Crippen molar-refractivity contribution in [2.45, 2.75) is 24.8 Å². The third-order valence-electron chi connectivity index (χ3n) is 4.59. The van der Waals surface area contributed by atoms with Gasteiger partial charge in [-0.05, 0) is 30.9 Å². The van der Waals surface area contributed by atoms with Crippen LogP contribution in [0.25, 0.3) is 11.0 Å². The van der Waals surface area contributed by atoms with E-state index in [4.69, 9.17) is 5.73 Å². The van der Waals surface area contributed by atoms with Crippen LogP contribution in [0, 0.1) is 5.92 Å². The molecular weight excluding hydrogens is 240 g/mol. The highest BCUT2D eigenvalue weighted by atomic mass is 16.1. The van der Waals surface area contributed by atoms with Crippen LogP contribution < -0.4 is 11.1 Å². The van der Waals surface area contributed by atoms with E-state index in [0.717, 1.165) is 17.9 Å². The predicted octanol–water partition coefficient (Wildman–Crippen LogP) is 1.13. The largest absolute Gasteiger partial charge is 0.366 e. The standard InChI is InChI=1S/C14H16N4O/c15-13(19)8-2-1-3-11-12(8)18-14(17-11)9-6-16-10-5-4-7(9)10/h1-3,7,9-10,16H,4-6H2,(H2,15,19)(H,17,18). The van der Waals surface area contributed by atoms with E-state index in [0.29, 0.717) is 29.0 Å². The number of aromatic amines is 1. The van der Waals surface area contributed by atoms with Crippen LogP contribution in [-0.2, 0) is 0 Å². The Hall–Kier alpha value is -1.88. The molecule has 1 aliphatic heterocycles. The van der Waals surface area contributed by atoms with Gasteiger partial charge in [0, 0.05) is 18.5 Å². The molecule has 3 unspecified atom stereocenters. The van der Waals surface area contributed by atoms with Crippen LogP contribution in [0.4, 0.5) is 0 Å². The number of amides is 1. The summed E-state index contributed by atoms with van der Waals surface area (Å²) in [4.78, 5) is 19.4. The van der Waals surface area contributed by atoms with Crippen LogP contribution in [0.15, 0.2) is 18.2 Å².